The van der Waals surface area contributed by atoms with Crippen LogP contribution in [0.25, 0.3) is 11.1 Å². The van der Waals surface area contributed by atoms with Crippen molar-refractivity contribution in [2.24, 2.45) is 5.92 Å². The quantitative estimate of drug-likeness (QED) is 0.166. The standard InChI is InChI=1S/C39H39N3O7/c1-25(2)20-32(36(45)40-31(22-35(43)44)29-18-19-33-34(21-29)49-24-48-33)42-37(46)39(3,30-12-8-5-9-13-30)41(38(42)47)23-26-14-16-28(17-15-26)27-10-6-4-7-11-27/h4-19,21,25,31-32H,20,22-24H2,1-3H3,(H,40,45)(H,43,44). The minimum Gasteiger partial charge on any atom is -0.481 e. The van der Waals surface area contributed by atoms with Crippen molar-refractivity contribution in [3.63, 3.8) is 0 Å². The van der Waals surface area contributed by atoms with E-state index in [1.54, 1.807) is 37.3 Å². The van der Waals surface area contributed by atoms with Crippen LogP contribution < -0.4 is 14.8 Å². The van der Waals surface area contributed by atoms with Crippen LogP contribution in [0.3, 0.4) is 0 Å². The SMILES string of the molecule is CC(C)CC(C(=O)NC(CC(=O)O)c1ccc2c(c1)OCO2)N1C(=O)N(Cc2ccc(-c3ccccc3)cc2)C(C)(c2ccccc2)C1=O. The topological polar surface area (TPSA) is 125 Å². The molecule has 0 bridgehead atoms. The van der Waals surface area contributed by atoms with Crippen molar-refractivity contribution < 1.29 is 33.8 Å². The third kappa shape index (κ3) is 6.72. The second-order valence-electron chi connectivity index (χ2n) is 13.0. The lowest BCUT2D eigenvalue weighted by Crippen LogP contribution is -2.52. The van der Waals surface area contributed by atoms with Gasteiger partial charge >= 0.3 is 12.0 Å². The van der Waals surface area contributed by atoms with Crippen LogP contribution in [0.5, 0.6) is 11.5 Å². The van der Waals surface area contributed by atoms with Crippen LogP contribution in [0.15, 0.2) is 103 Å². The molecule has 6 rings (SSSR count). The van der Waals surface area contributed by atoms with Gasteiger partial charge in [-0.3, -0.25) is 14.4 Å². The molecule has 1 fully saturated rings. The first-order chi connectivity index (χ1) is 23.6. The molecule has 10 heteroatoms. The highest BCUT2D eigenvalue weighted by molar-refractivity contribution is 6.10. The van der Waals surface area contributed by atoms with E-state index in [1.165, 1.54) is 4.90 Å². The number of ether oxygens (including phenoxy) is 2. The van der Waals surface area contributed by atoms with Gasteiger partial charge in [0.05, 0.1) is 12.5 Å². The number of nitrogens with zero attached hydrogens (tertiary/aromatic N) is 2. The average Bonchev–Trinajstić information content (AvgIpc) is 3.65. The zero-order valence-corrected chi connectivity index (χ0v) is 27.7. The molecule has 0 aromatic heterocycles. The van der Waals surface area contributed by atoms with E-state index < -0.39 is 47.9 Å². The zero-order valence-electron chi connectivity index (χ0n) is 27.7. The molecule has 0 radical (unpaired) electrons. The smallest absolute Gasteiger partial charge is 0.329 e. The number of benzene rings is 4. The molecule has 4 amide bonds. The Kier molecular flexibility index (Phi) is 9.40. The lowest BCUT2D eigenvalue weighted by molar-refractivity contribution is -0.141. The van der Waals surface area contributed by atoms with E-state index >= 15 is 0 Å². The Morgan fingerprint density at radius 3 is 2.14 bits per heavy atom. The number of imide groups is 1. The molecular formula is C39H39N3O7. The predicted molar refractivity (Wildman–Crippen MR) is 182 cm³/mol. The summed E-state index contributed by atoms with van der Waals surface area (Å²) in [5, 5.41) is 12.6. The Morgan fingerprint density at radius 2 is 1.49 bits per heavy atom. The summed E-state index contributed by atoms with van der Waals surface area (Å²) in [6, 6.07) is 29.1. The third-order valence-electron chi connectivity index (χ3n) is 9.15. The van der Waals surface area contributed by atoms with Crippen molar-refractivity contribution in [2.45, 2.75) is 57.8 Å². The second kappa shape index (κ2) is 13.8. The number of rotatable bonds is 12. The van der Waals surface area contributed by atoms with Gasteiger partial charge in [0.25, 0.3) is 5.91 Å². The summed E-state index contributed by atoms with van der Waals surface area (Å²) < 4.78 is 10.9. The highest BCUT2D eigenvalue weighted by Gasteiger charge is 2.58. The summed E-state index contributed by atoms with van der Waals surface area (Å²) >= 11 is 0. The molecule has 49 heavy (non-hydrogen) atoms. The van der Waals surface area contributed by atoms with Crippen molar-refractivity contribution in [2.75, 3.05) is 6.79 Å². The number of carbonyl (C=O) groups excluding carboxylic acids is 3. The molecule has 2 heterocycles. The van der Waals surface area contributed by atoms with Crippen LogP contribution in [0.1, 0.15) is 56.3 Å². The number of fused-ring (bicyclic) bond motifs is 1. The molecule has 3 atom stereocenters. The largest absolute Gasteiger partial charge is 0.481 e. The first kappa shape index (κ1) is 33.3. The van der Waals surface area contributed by atoms with Crippen LogP contribution in [-0.4, -0.2) is 51.6 Å². The first-order valence-electron chi connectivity index (χ1n) is 16.3. The highest BCUT2D eigenvalue weighted by atomic mass is 16.7. The van der Waals surface area contributed by atoms with Gasteiger partial charge in [0.1, 0.15) is 11.6 Å². The van der Waals surface area contributed by atoms with E-state index in [0.29, 0.717) is 22.6 Å². The Labute approximate surface area is 285 Å². The molecule has 0 saturated carbocycles. The number of amides is 4. The van der Waals surface area contributed by atoms with E-state index in [0.717, 1.165) is 21.6 Å². The van der Waals surface area contributed by atoms with Crippen molar-refractivity contribution in [1.29, 1.82) is 0 Å². The van der Waals surface area contributed by atoms with Crippen LogP contribution in [-0.2, 0) is 26.5 Å². The lowest BCUT2D eigenvalue weighted by atomic mass is 9.89. The molecule has 2 aliphatic heterocycles. The number of carboxylic acids is 1. The molecule has 252 valence electrons. The number of aliphatic carboxylic acids is 1. The Morgan fingerprint density at radius 1 is 0.857 bits per heavy atom. The van der Waals surface area contributed by atoms with Gasteiger partial charge in [-0.15, -0.1) is 0 Å². The Bertz CT molecular complexity index is 1850. The molecule has 4 aromatic rings. The van der Waals surface area contributed by atoms with Gasteiger partial charge in [0, 0.05) is 6.54 Å². The minimum absolute atomic E-state index is 0.0399. The predicted octanol–water partition coefficient (Wildman–Crippen LogP) is 6.51. The molecule has 1 saturated heterocycles. The van der Waals surface area contributed by atoms with Gasteiger partial charge in [0.15, 0.2) is 11.5 Å². The third-order valence-corrected chi connectivity index (χ3v) is 9.15. The molecule has 3 unspecified atom stereocenters. The number of nitrogens with one attached hydrogen (secondary N) is 1. The van der Waals surface area contributed by atoms with Crippen molar-refractivity contribution in [3.05, 3.63) is 120 Å². The normalized spacial score (nSPS) is 18.1. The summed E-state index contributed by atoms with van der Waals surface area (Å²) in [6.45, 7) is 5.68. The van der Waals surface area contributed by atoms with Crippen LogP contribution >= 0.6 is 0 Å². The molecule has 0 spiro atoms. The van der Waals surface area contributed by atoms with Gasteiger partial charge in [-0.25, -0.2) is 9.69 Å². The number of hydrogen-bond acceptors (Lipinski definition) is 6. The summed E-state index contributed by atoms with van der Waals surface area (Å²) in [6.07, 6.45) is -0.247. The fourth-order valence-electron chi connectivity index (χ4n) is 6.52. The van der Waals surface area contributed by atoms with Gasteiger partial charge in [-0.1, -0.05) is 105 Å². The summed E-state index contributed by atoms with van der Waals surface area (Å²) in [4.78, 5) is 57.9. The lowest BCUT2D eigenvalue weighted by Gasteiger charge is -2.32. The van der Waals surface area contributed by atoms with Crippen molar-refractivity contribution >= 4 is 23.8 Å². The molecule has 4 aromatic carbocycles. The van der Waals surface area contributed by atoms with Crippen LogP contribution in [0.4, 0.5) is 4.79 Å². The molecule has 10 nitrogen and oxygen atoms in total. The van der Waals surface area contributed by atoms with Gasteiger partial charge in [-0.2, -0.15) is 0 Å². The van der Waals surface area contributed by atoms with E-state index in [4.69, 9.17) is 9.47 Å². The molecule has 0 aliphatic carbocycles. The maximum Gasteiger partial charge on any atom is 0.329 e. The highest BCUT2D eigenvalue weighted by Crippen LogP contribution is 2.41. The monoisotopic (exact) mass is 661 g/mol. The van der Waals surface area contributed by atoms with E-state index in [1.807, 2.05) is 86.6 Å². The maximum atomic E-state index is 14.6. The molecule has 2 aliphatic rings. The van der Waals surface area contributed by atoms with Crippen molar-refractivity contribution in [1.82, 2.24) is 15.1 Å². The number of urea groups is 1. The van der Waals surface area contributed by atoms with Gasteiger partial charge in [-0.05, 0) is 59.2 Å². The number of carboxylic acid groups (broad SMARTS) is 1. The van der Waals surface area contributed by atoms with Crippen molar-refractivity contribution in [3.8, 4) is 22.6 Å². The maximum absolute atomic E-state index is 14.6. The first-order valence-corrected chi connectivity index (χ1v) is 16.3. The number of carbonyl (C=O) groups is 4. The van der Waals surface area contributed by atoms with E-state index in [2.05, 4.69) is 5.32 Å². The second-order valence-corrected chi connectivity index (χ2v) is 13.0. The number of hydrogen-bond donors (Lipinski definition) is 2. The molecule has 2 N–H and O–H groups in total. The summed E-state index contributed by atoms with van der Waals surface area (Å²) in [7, 11) is 0. The average molecular weight is 662 g/mol. The fraction of sp³-hybridized carbons (Fsp3) is 0.282. The summed E-state index contributed by atoms with van der Waals surface area (Å²) in [5.41, 5.74) is 2.60. The zero-order chi connectivity index (χ0) is 34.7. The Hall–Kier alpha value is -5.64. The van der Waals surface area contributed by atoms with Crippen LogP contribution in [0, 0.1) is 5.92 Å². The van der Waals surface area contributed by atoms with Crippen LogP contribution in [0.2, 0.25) is 0 Å². The van der Waals surface area contributed by atoms with E-state index in [-0.39, 0.29) is 25.7 Å². The summed E-state index contributed by atoms with van der Waals surface area (Å²) in [5.74, 6) is -1.39. The minimum atomic E-state index is -1.41. The van der Waals surface area contributed by atoms with Gasteiger partial charge in [0.2, 0.25) is 12.7 Å². The van der Waals surface area contributed by atoms with E-state index in [9.17, 15) is 24.3 Å². The van der Waals surface area contributed by atoms with Gasteiger partial charge < -0.3 is 24.8 Å². The fourth-order valence-corrected chi connectivity index (χ4v) is 6.52. The molecular weight excluding hydrogens is 622 g/mol. The Balaban J connectivity index is 1.33.